The van der Waals surface area contributed by atoms with Gasteiger partial charge in [-0.15, -0.1) is 0 Å². The smallest absolute Gasteiger partial charge is 0.257 e. The van der Waals surface area contributed by atoms with Crippen molar-refractivity contribution in [2.75, 3.05) is 11.9 Å². The summed E-state index contributed by atoms with van der Waals surface area (Å²) in [7, 11) is 0. The predicted octanol–water partition coefficient (Wildman–Crippen LogP) is 1.73. The molecule has 0 bridgehead atoms. The fourth-order valence-corrected chi connectivity index (χ4v) is 1.70. The van der Waals surface area contributed by atoms with Gasteiger partial charge in [-0.1, -0.05) is 6.07 Å². The van der Waals surface area contributed by atoms with Crippen LogP contribution in [0.4, 0.5) is 10.2 Å². The summed E-state index contributed by atoms with van der Waals surface area (Å²) < 4.78 is 12.9. The van der Waals surface area contributed by atoms with E-state index in [4.69, 9.17) is 0 Å². The van der Waals surface area contributed by atoms with E-state index in [1.165, 1.54) is 30.3 Å². The van der Waals surface area contributed by atoms with Crippen LogP contribution in [-0.4, -0.2) is 23.4 Å². The Balaban J connectivity index is 2.12. The molecule has 3 N–H and O–H groups in total. The summed E-state index contributed by atoms with van der Waals surface area (Å²) in [6.45, 7) is 2.24. The number of aliphatic imine (C=N–C) groups is 1. The van der Waals surface area contributed by atoms with Crippen LogP contribution in [0.5, 0.6) is 0 Å². The van der Waals surface area contributed by atoms with Gasteiger partial charge in [0.25, 0.3) is 5.91 Å². The monoisotopic (exact) mass is 302 g/mol. The second-order valence-electron chi connectivity index (χ2n) is 4.34. The number of H-pyrrole nitrogens is 1. The van der Waals surface area contributed by atoms with E-state index in [1.54, 1.807) is 19.1 Å². The third-order valence-electron chi connectivity index (χ3n) is 2.68. The van der Waals surface area contributed by atoms with Crippen LogP contribution in [0.1, 0.15) is 17.3 Å². The lowest BCUT2D eigenvalue weighted by molar-refractivity contribution is 0.0977. The van der Waals surface area contributed by atoms with Crippen molar-refractivity contribution in [3.63, 3.8) is 0 Å². The predicted molar refractivity (Wildman–Crippen MR) is 82.5 cm³/mol. The van der Waals surface area contributed by atoms with E-state index in [9.17, 15) is 14.0 Å². The van der Waals surface area contributed by atoms with Gasteiger partial charge in [-0.3, -0.25) is 19.9 Å². The largest absolute Gasteiger partial charge is 0.312 e. The normalized spacial score (nSPS) is 11.1. The highest BCUT2D eigenvalue weighted by molar-refractivity contribution is 6.09. The summed E-state index contributed by atoms with van der Waals surface area (Å²) in [5, 5.41) is 5.40. The van der Waals surface area contributed by atoms with Gasteiger partial charge >= 0.3 is 0 Å². The van der Waals surface area contributed by atoms with Gasteiger partial charge < -0.3 is 10.3 Å². The van der Waals surface area contributed by atoms with Crippen LogP contribution < -0.4 is 16.2 Å². The minimum Gasteiger partial charge on any atom is -0.312 e. The summed E-state index contributed by atoms with van der Waals surface area (Å²) in [6.07, 6.45) is 0. The average molecular weight is 302 g/mol. The molecule has 0 spiro atoms. The van der Waals surface area contributed by atoms with E-state index in [0.29, 0.717) is 17.9 Å². The molecule has 0 radical (unpaired) electrons. The van der Waals surface area contributed by atoms with Crippen molar-refractivity contribution in [2.24, 2.45) is 4.99 Å². The van der Waals surface area contributed by atoms with E-state index in [2.05, 4.69) is 20.6 Å². The summed E-state index contributed by atoms with van der Waals surface area (Å²) in [6, 6.07) is 9.74. The Morgan fingerprint density at radius 1 is 1.23 bits per heavy atom. The molecule has 6 nitrogen and oxygen atoms in total. The standard InChI is InChI=1S/C15H15FN4O2/c1-2-17-15(19-12-4-3-5-13(21)18-12)20-14(22)10-6-8-11(16)9-7-10/h3-9H,2H2,1H3,(H3,17,18,19,20,21,22). The molecule has 1 aromatic heterocycles. The number of amides is 1. The molecule has 2 rings (SSSR count). The molecule has 2 aromatic rings. The third kappa shape index (κ3) is 4.27. The number of guanidine groups is 1. The fourth-order valence-electron chi connectivity index (χ4n) is 1.70. The number of nitrogens with zero attached hydrogens (tertiary/aromatic N) is 1. The van der Waals surface area contributed by atoms with E-state index in [0.717, 1.165) is 0 Å². The molecule has 0 aliphatic heterocycles. The van der Waals surface area contributed by atoms with Gasteiger partial charge in [0, 0.05) is 18.2 Å². The van der Waals surface area contributed by atoms with Crippen molar-refractivity contribution in [1.82, 2.24) is 10.3 Å². The maximum Gasteiger partial charge on any atom is 0.257 e. The molecule has 0 fully saturated rings. The highest BCUT2D eigenvalue weighted by atomic mass is 19.1. The Kier molecular flexibility index (Phi) is 5.02. The van der Waals surface area contributed by atoms with Crippen LogP contribution >= 0.6 is 0 Å². The minimum absolute atomic E-state index is 0.193. The Labute approximate surface area is 126 Å². The van der Waals surface area contributed by atoms with Gasteiger partial charge in [0.05, 0.1) is 0 Å². The molecule has 1 heterocycles. The number of pyridine rings is 1. The van der Waals surface area contributed by atoms with E-state index < -0.39 is 11.7 Å². The van der Waals surface area contributed by atoms with E-state index in [-0.39, 0.29) is 11.5 Å². The molecular weight excluding hydrogens is 287 g/mol. The molecule has 0 saturated heterocycles. The SMILES string of the molecule is CCN=C(NC(=O)c1ccc(F)cc1)Nc1cccc(=O)[nH]1. The van der Waals surface area contributed by atoms with Gasteiger partial charge in [0.1, 0.15) is 11.6 Å². The average Bonchev–Trinajstić information content (AvgIpc) is 2.48. The number of hydrogen-bond acceptors (Lipinski definition) is 3. The lowest BCUT2D eigenvalue weighted by Crippen LogP contribution is -2.36. The van der Waals surface area contributed by atoms with Crippen molar-refractivity contribution < 1.29 is 9.18 Å². The molecule has 0 aliphatic rings. The zero-order chi connectivity index (χ0) is 15.9. The summed E-state index contributed by atoms with van der Waals surface area (Å²) >= 11 is 0. The minimum atomic E-state index is -0.432. The van der Waals surface area contributed by atoms with Gasteiger partial charge in [0.2, 0.25) is 11.5 Å². The molecular formula is C15H15FN4O2. The maximum absolute atomic E-state index is 12.9. The molecule has 1 amide bonds. The molecule has 7 heteroatoms. The molecule has 1 aromatic carbocycles. The first-order valence-electron chi connectivity index (χ1n) is 6.66. The first-order valence-corrected chi connectivity index (χ1v) is 6.66. The van der Waals surface area contributed by atoms with Crippen LogP contribution in [0.3, 0.4) is 0 Å². The van der Waals surface area contributed by atoms with Gasteiger partial charge in [-0.05, 0) is 37.3 Å². The van der Waals surface area contributed by atoms with Crippen LogP contribution in [-0.2, 0) is 0 Å². The van der Waals surface area contributed by atoms with E-state index >= 15 is 0 Å². The molecule has 0 atom stereocenters. The van der Waals surface area contributed by atoms with Gasteiger partial charge in [-0.25, -0.2) is 4.39 Å². The summed E-state index contributed by atoms with van der Waals surface area (Å²) in [5.74, 6) is -0.255. The molecule has 0 saturated carbocycles. The topological polar surface area (TPSA) is 86.3 Å². The van der Waals surface area contributed by atoms with Crippen molar-refractivity contribution in [2.45, 2.75) is 6.92 Å². The van der Waals surface area contributed by atoms with Crippen molar-refractivity contribution in [1.29, 1.82) is 0 Å². The molecule has 0 unspecified atom stereocenters. The number of aromatic nitrogens is 1. The maximum atomic E-state index is 12.9. The molecule has 22 heavy (non-hydrogen) atoms. The first kappa shape index (κ1) is 15.4. The number of carbonyl (C=O) groups excluding carboxylic acids is 1. The van der Waals surface area contributed by atoms with Crippen LogP contribution in [0.2, 0.25) is 0 Å². The Morgan fingerprint density at radius 3 is 2.59 bits per heavy atom. The Hall–Kier alpha value is -2.96. The number of benzene rings is 1. The first-order chi connectivity index (χ1) is 10.6. The van der Waals surface area contributed by atoms with Gasteiger partial charge in [-0.2, -0.15) is 0 Å². The van der Waals surface area contributed by atoms with Crippen molar-refractivity contribution in [3.05, 3.63) is 64.2 Å². The highest BCUT2D eigenvalue weighted by Gasteiger charge is 2.09. The van der Waals surface area contributed by atoms with Gasteiger partial charge in [0.15, 0.2) is 0 Å². The quantitative estimate of drug-likeness (QED) is 0.596. The summed E-state index contributed by atoms with van der Waals surface area (Å²) in [4.78, 5) is 30.0. The lowest BCUT2D eigenvalue weighted by atomic mass is 10.2. The third-order valence-corrected chi connectivity index (χ3v) is 2.68. The van der Waals surface area contributed by atoms with Crippen LogP contribution in [0, 0.1) is 5.82 Å². The number of anilines is 1. The van der Waals surface area contributed by atoms with Crippen LogP contribution in [0.15, 0.2) is 52.3 Å². The second kappa shape index (κ2) is 7.16. The lowest BCUT2D eigenvalue weighted by Gasteiger charge is -2.11. The Morgan fingerprint density at radius 2 is 1.95 bits per heavy atom. The zero-order valence-corrected chi connectivity index (χ0v) is 11.9. The number of halogens is 1. The zero-order valence-electron chi connectivity index (χ0n) is 11.9. The van der Waals surface area contributed by atoms with Crippen molar-refractivity contribution >= 4 is 17.7 Å². The number of aromatic amines is 1. The fraction of sp³-hybridized carbons (Fsp3) is 0.133. The summed E-state index contributed by atoms with van der Waals surface area (Å²) in [5.41, 5.74) is 0.0271. The van der Waals surface area contributed by atoms with Crippen molar-refractivity contribution in [3.8, 4) is 0 Å². The Bertz CT molecular complexity index is 738. The second-order valence-corrected chi connectivity index (χ2v) is 4.34. The number of nitrogens with one attached hydrogen (secondary N) is 3. The number of rotatable bonds is 3. The molecule has 0 aliphatic carbocycles. The number of hydrogen-bond donors (Lipinski definition) is 3. The highest BCUT2D eigenvalue weighted by Crippen LogP contribution is 2.03. The van der Waals surface area contributed by atoms with Crippen LogP contribution in [0.25, 0.3) is 0 Å². The molecule has 114 valence electrons. The number of carbonyl (C=O) groups is 1. The van der Waals surface area contributed by atoms with E-state index in [1.807, 2.05) is 0 Å².